The van der Waals surface area contributed by atoms with Crippen LogP contribution in [0.25, 0.3) is 0 Å². The summed E-state index contributed by atoms with van der Waals surface area (Å²) in [6, 6.07) is 6.13. The molecule has 1 unspecified atom stereocenters. The molecule has 1 atom stereocenters. The maximum Gasteiger partial charge on any atom is 0.421 e. The fourth-order valence-electron chi connectivity index (χ4n) is 1.66. The van der Waals surface area contributed by atoms with Crippen molar-refractivity contribution in [2.75, 3.05) is 0 Å². The van der Waals surface area contributed by atoms with Gasteiger partial charge in [0.25, 0.3) is 0 Å². The molecular formula is C15H11ClF3NO4. The van der Waals surface area contributed by atoms with E-state index >= 15 is 0 Å². The zero-order chi connectivity index (χ0) is 17.9. The van der Waals surface area contributed by atoms with Crippen LogP contribution in [0.5, 0.6) is 17.4 Å². The number of aliphatic carboxylic acids is 1. The molecule has 1 aromatic carbocycles. The molecule has 0 aliphatic carbocycles. The van der Waals surface area contributed by atoms with E-state index in [0.29, 0.717) is 0 Å². The van der Waals surface area contributed by atoms with Crippen molar-refractivity contribution in [1.29, 1.82) is 0 Å². The van der Waals surface area contributed by atoms with Gasteiger partial charge in [-0.1, -0.05) is 11.6 Å². The van der Waals surface area contributed by atoms with Gasteiger partial charge in [-0.3, -0.25) is 0 Å². The Labute approximate surface area is 139 Å². The van der Waals surface area contributed by atoms with Crippen LogP contribution in [-0.2, 0) is 11.0 Å². The molecule has 1 heterocycles. The highest BCUT2D eigenvalue weighted by Crippen LogP contribution is 2.38. The molecule has 2 aromatic rings. The first-order valence-electron chi connectivity index (χ1n) is 6.57. The molecule has 0 bridgehead atoms. The standard InChI is InChI=1S/C15H11ClF3NO4/c1-8(14(21)22)23-10-2-4-11(5-3-10)24-13-12(15(17,18)19)6-9(16)7-20-13/h2-8H,1H3,(H,21,22). The Morgan fingerprint density at radius 1 is 1.25 bits per heavy atom. The minimum atomic E-state index is -4.67. The molecule has 2 rings (SSSR count). The Morgan fingerprint density at radius 2 is 1.83 bits per heavy atom. The Kier molecular flexibility index (Phi) is 5.18. The zero-order valence-corrected chi connectivity index (χ0v) is 12.9. The first-order valence-corrected chi connectivity index (χ1v) is 6.94. The van der Waals surface area contributed by atoms with E-state index < -0.39 is 29.7 Å². The maximum atomic E-state index is 13.0. The topological polar surface area (TPSA) is 68.7 Å². The van der Waals surface area contributed by atoms with Crippen LogP contribution in [-0.4, -0.2) is 22.2 Å². The molecule has 1 aromatic heterocycles. The number of carboxylic acids is 1. The van der Waals surface area contributed by atoms with Crippen molar-refractivity contribution in [3.05, 3.63) is 47.1 Å². The summed E-state index contributed by atoms with van der Waals surface area (Å²) in [5.41, 5.74) is -1.10. The lowest BCUT2D eigenvalue weighted by molar-refractivity contribution is -0.144. The summed E-state index contributed by atoms with van der Waals surface area (Å²) in [5.74, 6) is -1.47. The monoisotopic (exact) mass is 361 g/mol. The normalized spacial score (nSPS) is 12.5. The second-order valence-corrected chi connectivity index (χ2v) is 5.11. The van der Waals surface area contributed by atoms with Gasteiger partial charge in [0.15, 0.2) is 6.10 Å². The summed E-state index contributed by atoms with van der Waals surface area (Å²) in [6.45, 7) is 1.35. The zero-order valence-electron chi connectivity index (χ0n) is 12.2. The highest BCUT2D eigenvalue weighted by Gasteiger charge is 2.36. The molecular weight excluding hydrogens is 351 g/mol. The number of carbonyl (C=O) groups is 1. The number of hydrogen-bond acceptors (Lipinski definition) is 4. The highest BCUT2D eigenvalue weighted by molar-refractivity contribution is 6.30. The van der Waals surface area contributed by atoms with Crippen LogP contribution in [0, 0.1) is 0 Å². The summed E-state index contributed by atoms with van der Waals surface area (Å²) < 4.78 is 49.1. The summed E-state index contributed by atoms with van der Waals surface area (Å²) in [4.78, 5) is 14.2. The van der Waals surface area contributed by atoms with Crippen molar-refractivity contribution in [3.63, 3.8) is 0 Å². The van der Waals surface area contributed by atoms with Crippen LogP contribution in [0.15, 0.2) is 36.5 Å². The summed E-state index contributed by atoms with van der Waals surface area (Å²) in [6.07, 6.45) is -4.70. The first-order chi connectivity index (χ1) is 11.2. The number of hydrogen-bond donors (Lipinski definition) is 1. The van der Waals surface area contributed by atoms with E-state index in [1.54, 1.807) is 0 Å². The molecule has 0 radical (unpaired) electrons. The fourth-order valence-corrected chi connectivity index (χ4v) is 1.82. The van der Waals surface area contributed by atoms with Gasteiger partial charge in [0.1, 0.15) is 17.1 Å². The van der Waals surface area contributed by atoms with Crippen molar-refractivity contribution in [2.24, 2.45) is 0 Å². The highest BCUT2D eigenvalue weighted by atomic mass is 35.5. The van der Waals surface area contributed by atoms with Gasteiger partial charge < -0.3 is 14.6 Å². The van der Waals surface area contributed by atoms with E-state index in [9.17, 15) is 18.0 Å². The number of nitrogens with zero attached hydrogens (tertiary/aromatic N) is 1. The molecule has 0 amide bonds. The number of alkyl halides is 3. The molecule has 128 valence electrons. The van der Waals surface area contributed by atoms with E-state index in [1.807, 2.05) is 0 Å². The number of aromatic nitrogens is 1. The maximum absolute atomic E-state index is 13.0. The largest absolute Gasteiger partial charge is 0.479 e. The van der Waals surface area contributed by atoms with E-state index in [2.05, 4.69) is 4.98 Å². The van der Waals surface area contributed by atoms with Gasteiger partial charge in [0, 0.05) is 6.20 Å². The van der Waals surface area contributed by atoms with Crippen LogP contribution in [0.4, 0.5) is 13.2 Å². The average Bonchev–Trinajstić information content (AvgIpc) is 2.49. The third kappa shape index (κ3) is 4.51. The summed E-state index contributed by atoms with van der Waals surface area (Å²) in [7, 11) is 0. The smallest absolute Gasteiger partial charge is 0.421 e. The molecule has 5 nitrogen and oxygen atoms in total. The second-order valence-electron chi connectivity index (χ2n) is 4.68. The Morgan fingerprint density at radius 3 is 2.38 bits per heavy atom. The quantitative estimate of drug-likeness (QED) is 0.855. The average molecular weight is 362 g/mol. The number of benzene rings is 1. The van der Waals surface area contributed by atoms with Crippen LogP contribution >= 0.6 is 11.6 Å². The minimum Gasteiger partial charge on any atom is -0.479 e. The van der Waals surface area contributed by atoms with Crippen molar-refractivity contribution in [2.45, 2.75) is 19.2 Å². The Hall–Kier alpha value is -2.48. The van der Waals surface area contributed by atoms with Crippen molar-refractivity contribution >= 4 is 17.6 Å². The van der Waals surface area contributed by atoms with Gasteiger partial charge in [-0.2, -0.15) is 13.2 Å². The number of ether oxygens (including phenoxy) is 2. The predicted molar refractivity (Wildman–Crippen MR) is 78.5 cm³/mol. The predicted octanol–water partition coefficient (Wildman–Crippen LogP) is 4.40. The number of pyridine rings is 1. The fraction of sp³-hybridized carbons (Fsp3) is 0.200. The van der Waals surface area contributed by atoms with E-state index in [-0.39, 0.29) is 16.5 Å². The molecule has 0 fully saturated rings. The summed E-state index contributed by atoms with van der Waals surface area (Å²) >= 11 is 5.54. The number of halogens is 4. The van der Waals surface area contributed by atoms with Crippen molar-refractivity contribution < 1.29 is 32.5 Å². The molecule has 9 heteroatoms. The Bertz CT molecular complexity index is 734. The molecule has 0 spiro atoms. The molecule has 0 saturated carbocycles. The number of rotatable bonds is 5. The van der Waals surface area contributed by atoms with Crippen molar-refractivity contribution in [1.82, 2.24) is 4.98 Å². The molecule has 0 aliphatic heterocycles. The molecule has 24 heavy (non-hydrogen) atoms. The van der Waals surface area contributed by atoms with Gasteiger partial charge in [-0.05, 0) is 37.3 Å². The number of carboxylic acid groups (broad SMARTS) is 1. The van der Waals surface area contributed by atoms with Gasteiger partial charge in [-0.15, -0.1) is 0 Å². The third-order valence-corrected chi connectivity index (χ3v) is 3.03. The van der Waals surface area contributed by atoms with Crippen LogP contribution < -0.4 is 9.47 Å². The SMILES string of the molecule is CC(Oc1ccc(Oc2ncc(Cl)cc2C(F)(F)F)cc1)C(=O)O. The van der Waals surface area contributed by atoms with E-state index in [4.69, 9.17) is 26.2 Å². The van der Waals surface area contributed by atoms with Crippen LogP contribution in [0.1, 0.15) is 12.5 Å². The lowest BCUT2D eigenvalue weighted by Gasteiger charge is -2.14. The van der Waals surface area contributed by atoms with Gasteiger partial charge in [0.2, 0.25) is 5.88 Å². The van der Waals surface area contributed by atoms with Gasteiger partial charge in [-0.25, -0.2) is 9.78 Å². The lowest BCUT2D eigenvalue weighted by Crippen LogP contribution is -2.22. The molecule has 0 saturated heterocycles. The van der Waals surface area contributed by atoms with Crippen LogP contribution in [0.2, 0.25) is 5.02 Å². The second kappa shape index (κ2) is 6.96. The van der Waals surface area contributed by atoms with Gasteiger partial charge in [0.05, 0.1) is 5.02 Å². The Balaban J connectivity index is 2.19. The lowest BCUT2D eigenvalue weighted by atomic mass is 10.2. The molecule has 1 N–H and O–H groups in total. The third-order valence-electron chi connectivity index (χ3n) is 2.82. The van der Waals surface area contributed by atoms with Crippen molar-refractivity contribution in [3.8, 4) is 17.4 Å². The molecule has 0 aliphatic rings. The van der Waals surface area contributed by atoms with E-state index in [1.165, 1.54) is 31.2 Å². The van der Waals surface area contributed by atoms with Gasteiger partial charge >= 0.3 is 12.1 Å². The summed E-state index contributed by atoms with van der Waals surface area (Å²) in [5, 5.41) is 8.58. The van der Waals surface area contributed by atoms with E-state index in [0.717, 1.165) is 12.3 Å². The van der Waals surface area contributed by atoms with Crippen LogP contribution in [0.3, 0.4) is 0 Å². The minimum absolute atomic E-state index is 0.0747. The first kappa shape index (κ1) is 17.9.